The summed E-state index contributed by atoms with van der Waals surface area (Å²) in [6, 6.07) is 0.573. The molecule has 1 saturated carbocycles. The van der Waals surface area contributed by atoms with Gasteiger partial charge in [0.05, 0.1) is 24.5 Å². The van der Waals surface area contributed by atoms with Crippen LogP contribution in [0.4, 0.5) is 5.69 Å². The largest absolute Gasteiger partial charge is 0.396 e. The molecule has 0 amide bonds. The third-order valence-electron chi connectivity index (χ3n) is 3.69. The van der Waals surface area contributed by atoms with Gasteiger partial charge in [-0.25, -0.2) is 0 Å². The predicted molar refractivity (Wildman–Crippen MR) is 73.6 cm³/mol. The summed E-state index contributed by atoms with van der Waals surface area (Å²) >= 11 is 0. The minimum atomic E-state index is -0.460. The van der Waals surface area contributed by atoms with Crippen LogP contribution in [0.5, 0.6) is 0 Å². The molecule has 1 aromatic heterocycles. The molecule has 0 aliphatic heterocycles. The van der Waals surface area contributed by atoms with Crippen LogP contribution in [-0.2, 0) is 6.54 Å². The molecule has 0 aromatic carbocycles. The number of nitrogens with two attached hydrogens (primary N) is 1. The lowest BCUT2D eigenvalue weighted by atomic mass is 9.91. The molecule has 4 N–H and O–H groups in total. The van der Waals surface area contributed by atoms with Crippen LogP contribution in [-0.4, -0.2) is 56.7 Å². The molecule has 0 spiro atoms. The van der Waals surface area contributed by atoms with E-state index in [2.05, 4.69) is 10.00 Å². The number of aliphatic hydroxyl groups excluding tert-OH is 2. The summed E-state index contributed by atoms with van der Waals surface area (Å²) < 4.78 is 1.67. The van der Waals surface area contributed by atoms with Crippen LogP contribution in [0.15, 0.2) is 12.4 Å². The van der Waals surface area contributed by atoms with E-state index in [-0.39, 0.29) is 6.61 Å². The van der Waals surface area contributed by atoms with Crippen LogP contribution in [0, 0.1) is 0 Å². The second-order valence-corrected chi connectivity index (χ2v) is 5.31. The standard InChI is InChI=1S/C13H24N4O2/c14-11-7-15-17(8-11)10-13(19)9-16(5-2-6-18)12-3-1-4-12/h7-8,12-13,18-19H,1-6,9-10,14H2. The van der Waals surface area contributed by atoms with Gasteiger partial charge in [0.25, 0.3) is 0 Å². The van der Waals surface area contributed by atoms with Crippen molar-refractivity contribution in [1.29, 1.82) is 0 Å². The summed E-state index contributed by atoms with van der Waals surface area (Å²) in [6.07, 6.45) is 7.29. The maximum atomic E-state index is 10.1. The number of hydrogen-bond acceptors (Lipinski definition) is 5. The Morgan fingerprint density at radius 3 is 2.84 bits per heavy atom. The van der Waals surface area contributed by atoms with E-state index in [0.717, 1.165) is 13.0 Å². The molecule has 1 aromatic rings. The van der Waals surface area contributed by atoms with Crippen molar-refractivity contribution in [2.24, 2.45) is 0 Å². The van der Waals surface area contributed by atoms with Crippen molar-refractivity contribution in [3.8, 4) is 0 Å². The summed E-state index contributed by atoms with van der Waals surface area (Å²) in [6.45, 7) is 2.14. The maximum absolute atomic E-state index is 10.1. The molecule has 1 atom stereocenters. The first kappa shape index (κ1) is 14.3. The second kappa shape index (κ2) is 6.88. The highest BCUT2D eigenvalue weighted by Crippen LogP contribution is 2.25. The molecule has 2 rings (SSSR count). The molecule has 6 heteroatoms. The fraction of sp³-hybridized carbons (Fsp3) is 0.769. The van der Waals surface area contributed by atoms with Crippen LogP contribution in [0.3, 0.4) is 0 Å². The topological polar surface area (TPSA) is 87.5 Å². The van der Waals surface area contributed by atoms with Gasteiger partial charge < -0.3 is 15.9 Å². The Morgan fingerprint density at radius 1 is 1.53 bits per heavy atom. The molecule has 19 heavy (non-hydrogen) atoms. The molecule has 1 fully saturated rings. The summed E-state index contributed by atoms with van der Waals surface area (Å²) in [7, 11) is 0. The highest BCUT2D eigenvalue weighted by atomic mass is 16.3. The van der Waals surface area contributed by atoms with E-state index in [1.807, 2.05) is 0 Å². The highest BCUT2D eigenvalue weighted by molar-refractivity contribution is 5.30. The summed E-state index contributed by atoms with van der Waals surface area (Å²) in [5, 5.41) is 23.2. The molecule has 1 unspecified atom stereocenters. The number of nitrogens with zero attached hydrogens (tertiary/aromatic N) is 3. The number of aromatic nitrogens is 2. The Morgan fingerprint density at radius 2 is 2.32 bits per heavy atom. The van der Waals surface area contributed by atoms with E-state index in [9.17, 15) is 5.11 Å². The van der Waals surface area contributed by atoms with Gasteiger partial charge in [-0.1, -0.05) is 6.42 Å². The first-order valence-corrected chi connectivity index (χ1v) is 7.00. The van der Waals surface area contributed by atoms with Gasteiger partial charge in [0.15, 0.2) is 0 Å². The van der Waals surface area contributed by atoms with Crippen molar-refractivity contribution in [2.75, 3.05) is 25.4 Å². The third-order valence-corrected chi connectivity index (χ3v) is 3.69. The summed E-state index contributed by atoms with van der Waals surface area (Å²) in [5.74, 6) is 0. The highest BCUT2D eigenvalue weighted by Gasteiger charge is 2.26. The average molecular weight is 268 g/mol. The maximum Gasteiger partial charge on any atom is 0.0862 e. The molecular weight excluding hydrogens is 244 g/mol. The Hall–Kier alpha value is -1.11. The van der Waals surface area contributed by atoms with Gasteiger partial charge in [0, 0.05) is 31.9 Å². The summed E-state index contributed by atoms with van der Waals surface area (Å²) in [4.78, 5) is 2.29. The minimum Gasteiger partial charge on any atom is -0.396 e. The van der Waals surface area contributed by atoms with Crippen molar-refractivity contribution < 1.29 is 10.2 Å². The quantitative estimate of drug-likeness (QED) is 0.621. The monoisotopic (exact) mass is 268 g/mol. The molecule has 6 nitrogen and oxygen atoms in total. The smallest absolute Gasteiger partial charge is 0.0862 e. The van der Waals surface area contributed by atoms with E-state index in [1.165, 1.54) is 19.3 Å². The van der Waals surface area contributed by atoms with Crippen LogP contribution >= 0.6 is 0 Å². The Kier molecular flexibility index (Phi) is 5.18. The van der Waals surface area contributed by atoms with Crippen molar-refractivity contribution in [1.82, 2.24) is 14.7 Å². The van der Waals surface area contributed by atoms with Gasteiger partial charge in [0.2, 0.25) is 0 Å². The molecular formula is C13H24N4O2. The van der Waals surface area contributed by atoms with Crippen LogP contribution < -0.4 is 5.73 Å². The van der Waals surface area contributed by atoms with Crippen molar-refractivity contribution in [3.63, 3.8) is 0 Å². The first-order chi connectivity index (χ1) is 9.19. The molecule has 108 valence electrons. The second-order valence-electron chi connectivity index (χ2n) is 5.31. The normalized spacial score (nSPS) is 17.6. The molecule has 1 heterocycles. The van der Waals surface area contributed by atoms with Crippen LogP contribution in [0.25, 0.3) is 0 Å². The van der Waals surface area contributed by atoms with Crippen LogP contribution in [0.1, 0.15) is 25.7 Å². The van der Waals surface area contributed by atoms with Gasteiger partial charge >= 0.3 is 0 Å². The lowest BCUT2D eigenvalue weighted by molar-refractivity contribution is 0.0449. The van der Waals surface area contributed by atoms with Crippen LogP contribution in [0.2, 0.25) is 0 Å². The minimum absolute atomic E-state index is 0.203. The molecule has 0 radical (unpaired) electrons. The zero-order valence-electron chi connectivity index (χ0n) is 11.3. The van der Waals surface area contributed by atoms with E-state index < -0.39 is 6.10 Å². The van der Waals surface area contributed by atoms with Gasteiger partial charge in [-0.15, -0.1) is 0 Å². The lowest BCUT2D eigenvalue weighted by Gasteiger charge is -2.38. The van der Waals surface area contributed by atoms with Gasteiger partial charge in [-0.2, -0.15) is 5.10 Å². The van der Waals surface area contributed by atoms with Crippen molar-refractivity contribution in [2.45, 2.75) is 44.4 Å². The van der Waals surface area contributed by atoms with Gasteiger partial charge in [-0.05, 0) is 19.3 Å². The first-order valence-electron chi connectivity index (χ1n) is 7.00. The van der Waals surface area contributed by atoms with E-state index in [1.54, 1.807) is 17.1 Å². The van der Waals surface area contributed by atoms with E-state index in [0.29, 0.717) is 24.8 Å². The lowest BCUT2D eigenvalue weighted by Crippen LogP contribution is -2.45. The average Bonchev–Trinajstić information content (AvgIpc) is 2.69. The molecule has 1 aliphatic carbocycles. The van der Waals surface area contributed by atoms with Gasteiger partial charge in [0.1, 0.15) is 0 Å². The van der Waals surface area contributed by atoms with Crippen molar-refractivity contribution in [3.05, 3.63) is 12.4 Å². The van der Waals surface area contributed by atoms with Gasteiger partial charge in [-0.3, -0.25) is 9.58 Å². The third kappa shape index (κ3) is 4.19. The Balaban J connectivity index is 1.81. The number of nitrogen functional groups attached to an aromatic ring is 1. The Labute approximate surface area is 113 Å². The fourth-order valence-corrected chi connectivity index (χ4v) is 2.47. The Bertz CT molecular complexity index is 378. The SMILES string of the molecule is Nc1cnn(CC(O)CN(CCCO)C2CCC2)c1. The number of anilines is 1. The number of aliphatic hydroxyl groups is 2. The molecule has 1 aliphatic rings. The van der Waals surface area contributed by atoms with Crippen molar-refractivity contribution >= 4 is 5.69 Å². The number of hydrogen-bond donors (Lipinski definition) is 3. The molecule has 0 bridgehead atoms. The summed E-state index contributed by atoms with van der Waals surface area (Å²) in [5.41, 5.74) is 6.21. The van der Waals surface area contributed by atoms with E-state index in [4.69, 9.17) is 10.8 Å². The number of rotatable bonds is 8. The predicted octanol–water partition coefficient (Wildman–Crippen LogP) is 0.0631. The fourth-order valence-electron chi connectivity index (χ4n) is 2.47. The zero-order chi connectivity index (χ0) is 13.7. The molecule has 0 saturated heterocycles. The van der Waals surface area contributed by atoms with E-state index >= 15 is 0 Å². The zero-order valence-corrected chi connectivity index (χ0v) is 11.3.